The molecule has 1 aliphatic rings. The predicted octanol–water partition coefficient (Wildman–Crippen LogP) is 3.30. The second-order valence-electron chi connectivity index (χ2n) is 7.42. The molecule has 0 saturated carbocycles. The lowest BCUT2D eigenvalue weighted by Crippen LogP contribution is -2.44. The van der Waals surface area contributed by atoms with Crippen LogP contribution in [-0.2, 0) is 13.0 Å². The first-order valence-corrected chi connectivity index (χ1v) is 9.63. The SMILES string of the molecule is CC(C)c1noc(-c2ccccc2C(=O)NCC2Cc3ccccc3CN2)n1. The number of amides is 1. The molecule has 2 N–H and O–H groups in total. The lowest BCUT2D eigenvalue weighted by atomic mass is 9.96. The Kier molecular flexibility index (Phi) is 5.21. The summed E-state index contributed by atoms with van der Waals surface area (Å²) in [6.45, 7) is 5.39. The quantitative estimate of drug-likeness (QED) is 0.714. The van der Waals surface area contributed by atoms with Gasteiger partial charge in [-0.3, -0.25) is 4.79 Å². The minimum absolute atomic E-state index is 0.138. The van der Waals surface area contributed by atoms with Crippen molar-refractivity contribution in [3.8, 4) is 11.5 Å². The van der Waals surface area contributed by atoms with E-state index in [4.69, 9.17) is 4.52 Å². The van der Waals surface area contributed by atoms with Crippen molar-refractivity contribution in [3.05, 3.63) is 71.0 Å². The van der Waals surface area contributed by atoms with Crippen molar-refractivity contribution in [1.82, 2.24) is 20.8 Å². The van der Waals surface area contributed by atoms with Gasteiger partial charge in [0.25, 0.3) is 11.8 Å². The summed E-state index contributed by atoms with van der Waals surface area (Å²) in [7, 11) is 0. The van der Waals surface area contributed by atoms with Crippen LogP contribution in [0.5, 0.6) is 0 Å². The summed E-state index contributed by atoms with van der Waals surface area (Å²) in [5.41, 5.74) is 3.86. The van der Waals surface area contributed by atoms with Crippen LogP contribution in [0.2, 0.25) is 0 Å². The van der Waals surface area contributed by atoms with Gasteiger partial charge < -0.3 is 15.2 Å². The average Bonchev–Trinajstić information content (AvgIpc) is 3.22. The molecule has 3 aromatic rings. The van der Waals surface area contributed by atoms with Gasteiger partial charge in [0, 0.05) is 25.0 Å². The zero-order chi connectivity index (χ0) is 19.5. The van der Waals surface area contributed by atoms with Gasteiger partial charge in [-0.1, -0.05) is 55.4 Å². The summed E-state index contributed by atoms with van der Waals surface area (Å²) >= 11 is 0. The highest BCUT2D eigenvalue weighted by Crippen LogP contribution is 2.24. The zero-order valence-corrected chi connectivity index (χ0v) is 16.1. The molecule has 1 aromatic heterocycles. The van der Waals surface area contributed by atoms with E-state index in [0.717, 1.165) is 13.0 Å². The highest BCUT2D eigenvalue weighted by atomic mass is 16.5. The maximum absolute atomic E-state index is 12.8. The van der Waals surface area contributed by atoms with E-state index in [2.05, 4.69) is 45.0 Å². The van der Waals surface area contributed by atoms with E-state index in [-0.39, 0.29) is 17.9 Å². The Balaban J connectivity index is 1.46. The molecule has 0 aliphatic carbocycles. The van der Waals surface area contributed by atoms with Gasteiger partial charge in [-0.25, -0.2) is 0 Å². The minimum atomic E-state index is -0.138. The molecule has 28 heavy (non-hydrogen) atoms. The lowest BCUT2D eigenvalue weighted by Gasteiger charge is -2.26. The van der Waals surface area contributed by atoms with E-state index < -0.39 is 0 Å². The van der Waals surface area contributed by atoms with Crippen molar-refractivity contribution in [2.24, 2.45) is 0 Å². The Hall–Kier alpha value is -2.99. The molecule has 1 atom stereocenters. The van der Waals surface area contributed by atoms with Crippen LogP contribution in [0.3, 0.4) is 0 Å². The van der Waals surface area contributed by atoms with Crippen LogP contribution in [0.4, 0.5) is 0 Å². The second-order valence-corrected chi connectivity index (χ2v) is 7.42. The molecule has 0 spiro atoms. The molecule has 1 unspecified atom stereocenters. The number of rotatable bonds is 5. The molecular formula is C22H24N4O2. The maximum atomic E-state index is 12.8. The van der Waals surface area contributed by atoms with Crippen LogP contribution in [-0.4, -0.2) is 28.6 Å². The second kappa shape index (κ2) is 7.94. The number of carbonyl (C=O) groups is 1. The lowest BCUT2D eigenvalue weighted by molar-refractivity contribution is 0.0949. The molecule has 6 heteroatoms. The largest absolute Gasteiger partial charge is 0.350 e. The molecule has 6 nitrogen and oxygen atoms in total. The fourth-order valence-corrected chi connectivity index (χ4v) is 3.42. The molecule has 144 valence electrons. The third kappa shape index (κ3) is 3.82. The molecule has 1 aliphatic heterocycles. The van der Waals surface area contributed by atoms with Crippen LogP contribution in [0.25, 0.3) is 11.5 Å². The van der Waals surface area contributed by atoms with Gasteiger partial charge in [-0.05, 0) is 29.7 Å². The number of nitrogens with zero attached hydrogens (tertiary/aromatic N) is 2. The molecular weight excluding hydrogens is 352 g/mol. The first-order valence-electron chi connectivity index (χ1n) is 9.63. The van der Waals surface area contributed by atoms with Gasteiger partial charge >= 0.3 is 0 Å². The topological polar surface area (TPSA) is 80.0 Å². The van der Waals surface area contributed by atoms with E-state index in [1.807, 2.05) is 32.0 Å². The van der Waals surface area contributed by atoms with Gasteiger partial charge in [-0.2, -0.15) is 4.98 Å². The fourth-order valence-electron chi connectivity index (χ4n) is 3.42. The van der Waals surface area contributed by atoms with Crippen LogP contribution < -0.4 is 10.6 Å². The summed E-state index contributed by atoms with van der Waals surface area (Å²) < 4.78 is 5.38. The molecule has 4 rings (SSSR count). The van der Waals surface area contributed by atoms with E-state index in [9.17, 15) is 4.79 Å². The number of aromatic nitrogens is 2. The third-order valence-corrected chi connectivity index (χ3v) is 5.04. The third-order valence-electron chi connectivity index (χ3n) is 5.04. The van der Waals surface area contributed by atoms with Crippen molar-refractivity contribution in [2.75, 3.05) is 6.54 Å². The van der Waals surface area contributed by atoms with E-state index in [1.54, 1.807) is 6.07 Å². The van der Waals surface area contributed by atoms with Crippen molar-refractivity contribution < 1.29 is 9.32 Å². The summed E-state index contributed by atoms with van der Waals surface area (Å²) in [5.74, 6) is 1.04. The summed E-state index contributed by atoms with van der Waals surface area (Å²) in [6, 6.07) is 16.0. The average molecular weight is 376 g/mol. The smallest absolute Gasteiger partial charge is 0.258 e. The van der Waals surface area contributed by atoms with Crippen LogP contribution in [0.15, 0.2) is 53.1 Å². The number of hydrogen-bond donors (Lipinski definition) is 2. The molecule has 1 amide bonds. The Bertz CT molecular complexity index is 980. The number of benzene rings is 2. The minimum Gasteiger partial charge on any atom is -0.350 e. The highest BCUT2D eigenvalue weighted by molar-refractivity contribution is 5.99. The normalized spacial score (nSPS) is 16.0. The number of hydrogen-bond acceptors (Lipinski definition) is 5. The predicted molar refractivity (Wildman–Crippen MR) is 107 cm³/mol. The van der Waals surface area contributed by atoms with E-state index in [0.29, 0.717) is 29.4 Å². The van der Waals surface area contributed by atoms with Crippen molar-refractivity contribution in [3.63, 3.8) is 0 Å². The standard InChI is InChI=1S/C22H24N4O2/c1-14(2)20-25-22(28-26-20)19-10-6-5-9-18(19)21(27)24-13-17-11-15-7-3-4-8-16(15)12-23-17/h3-10,14,17,23H,11-13H2,1-2H3,(H,24,27). The first kappa shape index (κ1) is 18.4. The maximum Gasteiger partial charge on any atom is 0.258 e. The van der Waals surface area contributed by atoms with Gasteiger partial charge in [0.1, 0.15) is 0 Å². The van der Waals surface area contributed by atoms with Crippen LogP contribution in [0, 0.1) is 0 Å². The Morgan fingerprint density at radius 1 is 1.18 bits per heavy atom. The number of carbonyl (C=O) groups excluding carboxylic acids is 1. The van der Waals surface area contributed by atoms with Crippen LogP contribution in [0.1, 0.15) is 47.1 Å². The number of nitrogens with one attached hydrogen (secondary N) is 2. The van der Waals surface area contributed by atoms with Gasteiger partial charge in [0.2, 0.25) is 0 Å². The molecule has 2 aromatic carbocycles. The van der Waals surface area contributed by atoms with Crippen molar-refractivity contribution >= 4 is 5.91 Å². The number of fused-ring (bicyclic) bond motifs is 1. The first-order chi connectivity index (χ1) is 13.6. The van der Waals surface area contributed by atoms with Gasteiger partial charge in [0.05, 0.1) is 11.1 Å². The van der Waals surface area contributed by atoms with E-state index in [1.165, 1.54) is 11.1 Å². The zero-order valence-electron chi connectivity index (χ0n) is 16.1. The fraction of sp³-hybridized carbons (Fsp3) is 0.318. The van der Waals surface area contributed by atoms with Gasteiger partial charge in [-0.15, -0.1) is 0 Å². The van der Waals surface area contributed by atoms with Gasteiger partial charge in [0.15, 0.2) is 5.82 Å². The van der Waals surface area contributed by atoms with Crippen molar-refractivity contribution in [1.29, 1.82) is 0 Å². The molecule has 2 heterocycles. The molecule has 0 bridgehead atoms. The molecule has 0 saturated heterocycles. The monoisotopic (exact) mass is 376 g/mol. The summed E-state index contributed by atoms with van der Waals surface area (Å²) in [4.78, 5) is 17.3. The molecule has 0 radical (unpaired) electrons. The summed E-state index contributed by atoms with van der Waals surface area (Å²) in [6.07, 6.45) is 0.902. The van der Waals surface area contributed by atoms with Crippen molar-refractivity contribution in [2.45, 2.75) is 38.8 Å². The molecule has 0 fully saturated rings. The Morgan fingerprint density at radius 2 is 1.93 bits per heavy atom. The van der Waals surface area contributed by atoms with Crippen LogP contribution >= 0.6 is 0 Å². The Morgan fingerprint density at radius 3 is 2.71 bits per heavy atom. The highest BCUT2D eigenvalue weighted by Gasteiger charge is 2.21. The van der Waals surface area contributed by atoms with E-state index >= 15 is 0 Å². The summed E-state index contributed by atoms with van der Waals surface area (Å²) in [5, 5.41) is 10.5. The Labute approximate surface area is 164 Å².